The van der Waals surface area contributed by atoms with E-state index in [9.17, 15) is 0 Å². The summed E-state index contributed by atoms with van der Waals surface area (Å²) in [4.78, 5) is 5.37. The third-order valence-electron chi connectivity index (χ3n) is 2.19. The third-order valence-corrected chi connectivity index (χ3v) is 2.41. The van der Waals surface area contributed by atoms with Crippen LogP contribution >= 0.6 is 11.6 Å². The number of hydrogen-bond donors (Lipinski definition) is 1. The number of aromatic amines is 1. The second kappa shape index (κ2) is 3.64. The van der Waals surface area contributed by atoms with Gasteiger partial charge in [-0.05, 0) is 37.9 Å². The first-order valence-corrected chi connectivity index (χ1v) is 4.95. The normalized spacial score (nSPS) is 11.4. The van der Waals surface area contributed by atoms with Gasteiger partial charge in [-0.15, -0.1) is 0 Å². The van der Waals surface area contributed by atoms with E-state index in [1.807, 2.05) is 24.4 Å². The SMILES string of the molecule is CN(C)Cc1cc(Cl)cc2cc[nH]c12. The Balaban J connectivity index is 2.55. The average molecular weight is 209 g/mol. The van der Waals surface area contributed by atoms with E-state index in [4.69, 9.17) is 11.6 Å². The van der Waals surface area contributed by atoms with Crippen molar-refractivity contribution in [3.05, 3.63) is 35.0 Å². The molecule has 0 saturated carbocycles. The van der Waals surface area contributed by atoms with Crippen LogP contribution in [0.25, 0.3) is 10.9 Å². The molecule has 0 aliphatic rings. The fourth-order valence-corrected chi connectivity index (χ4v) is 1.92. The van der Waals surface area contributed by atoms with Crippen molar-refractivity contribution in [1.29, 1.82) is 0 Å². The maximum atomic E-state index is 6.03. The van der Waals surface area contributed by atoms with E-state index in [-0.39, 0.29) is 0 Å². The van der Waals surface area contributed by atoms with Gasteiger partial charge in [0.2, 0.25) is 0 Å². The van der Waals surface area contributed by atoms with Crippen LogP contribution in [0.15, 0.2) is 24.4 Å². The number of fused-ring (bicyclic) bond motifs is 1. The van der Waals surface area contributed by atoms with Crippen molar-refractivity contribution >= 4 is 22.5 Å². The number of benzene rings is 1. The number of nitrogens with one attached hydrogen (secondary N) is 1. The Morgan fingerprint density at radius 3 is 2.86 bits per heavy atom. The van der Waals surface area contributed by atoms with Crippen LogP contribution in [0, 0.1) is 0 Å². The lowest BCUT2D eigenvalue weighted by atomic mass is 10.1. The highest BCUT2D eigenvalue weighted by Crippen LogP contribution is 2.23. The van der Waals surface area contributed by atoms with Gasteiger partial charge >= 0.3 is 0 Å². The van der Waals surface area contributed by atoms with Gasteiger partial charge in [0.15, 0.2) is 0 Å². The molecule has 0 fully saturated rings. The number of hydrogen-bond acceptors (Lipinski definition) is 1. The molecular weight excluding hydrogens is 196 g/mol. The zero-order valence-electron chi connectivity index (χ0n) is 8.34. The molecule has 0 aliphatic carbocycles. The van der Waals surface area contributed by atoms with E-state index >= 15 is 0 Å². The fourth-order valence-electron chi connectivity index (χ4n) is 1.67. The number of halogens is 1. The van der Waals surface area contributed by atoms with Gasteiger partial charge in [0.05, 0.1) is 5.52 Å². The first-order chi connectivity index (χ1) is 6.66. The number of nitrogens with zero attached hydrogens (tertiary/aromatic N) is 1. The molecule has 1 heterocycles. The maximum absolute atomic E-state index is 6.03. The van der Waals surface area contributed by atoms with Crippen LogP contribution in [-0.4, -0.2) is 24.0 Å². The fraction of sp³-hybridized carbons (Fsp3) is 0.273. The smallest absolute Gasteiger partial charge is 0.0500 e. The number of aromatic nitrogens is 1. The predicted octanol–water partition coefficient (Wildman–Crippen LogP) is 2.88. The van der Waals surface area contributed by atoms with Crippen LogP contribution in [0.4, 0.5) is 0 Å². The Kier molecular flexibility index (Phi) is 2.48. The lowest BCUT2D eigenvalue weighted by Crippen LogP contribution is -2.10. The van der Waals surface area contributed by atoms with Crippen LogP contribution < -0.4 is 0 Å². The van der Waals surface area contributed by atoms with Gasteiger partial charge < -0.3 is 9.88 Å². The van der Waals surface area contributed by atoms with Gasteiger partial charge in [0, 0.05) is 23.2 Å². The Morgan fingerprint density at radius 1 is 1.36 bits per heavy atom. The van der Waals surface area contributed by atoms with Gasteiger partial charge in [-0.3, -0.25) is 0 Å². The highest BCUT2D eigenvalue weighted by molar-refractivity contribution is 6.31. The summed E-state index contributed by atoms with van der Waals surface area (Å²) in [5.74, 6) is 0. The summed E-state index contributed by atoms with van der Waals surface area (Å²) in [6.45, 7) is 0.900. The zero-order chi connectivity index (χ0) is 10.1. The lowest BCUT2D eigenvalue weighted by Gasteiger charge is -2.10. The molecule has 0 saturated heterocycles. The van der Waals surface area contributed by atoms with Crippen molar-refractivity contribution < 1.29 is 0 Å². The highest BCUT2D eigenvalue weighted by Gasteiger charge is 2.04. The van der Waals surface area contributed by atoms with Crippen LogP contribution in [0.3, 0.4) is 0 Å². The van der Waals surface area contributed by atoms with E-state index in [0.29, 0.717) is 0 Å². The Morgan fingerprint density at radius 2 is 2.14 bits per heavy atom. The van der Waals surface area contributed by atoms with Crippen LogP contribution in [0.5, 0.6) is 0 Å². The molecule has 2 rings (SSSR count). The van der Waals surface area contributed by atoms with Gasteiger partial charge in [0.25, 0.3) is 0 Å². The van der Waals surface area contributed by atoms with Gasteiger partial charge in [0.1, 0.15) is 0 Å². The molecule has 1 N–H and O–H groups in total. The molecule has 14 heavy (non-hydrogen) atoms. The Hall–Kier alpha value is -0.990. The van der Waals surface area contributed by atoms with E-state index in [2.05, 4.69) is 24.0 Å². The molecule has 74 valence electrons. The van der Waals surface area contributed by atoms with Crippen LogP contribution in [0.1, 0.15) is 5.56 Å². The monoisotopic (exact) mass is 208 g/mol. The van der Waals surface area contributed by atoms with Crippen molar-refractivity contribution in [3.63, 3.8) is 0 Å². The number of H-pyrrole nitrogens is 1. The summed E-state index contributed by atoms with van der Waals surface area (Å²) in [5.41, 5.74) is 2.42. The van der Waals surface area contributed by atoms with E-state index < -0.39 is 0 Å². The summed E-state index contributed by atoms with van der Waals surface area (Å²) in [7, 11) is 4.10. The standard InChI is InChI=1S/C11H13ClN2/c1-14(2)7-9-6-10(12)5-8-3-4-13-11(8)9/h3-6,13H,7H2,1-2H3. The third kappa shape index (κ3) is 1.76. The van der Waals surface area contributed by atoms with Gasteiger partial charge in [-0.1, -0.05) is 11.6 Å². The second-order valence-corrected chi connectivity index (χ2v) is 4.18. The van der Waals surface area contributed by atoms with Gasteiger partial charge in [-0.2, -0.15) is 0 Å². The summed E-state index contributed by atoms with van der Waals surface area (Å²) < 4.78 is 0. The summed E-state index contributed by atoms with van der Waals surface area (Å²) in [5, 5.41) is 1.98. The van der Waals surface area contributed by atoms with Crippen molar-refractivity contribution in [3.8, 4) is 0 Å². The molecule has 1 aromatic heterocycles. The molecule has 0 radical (unpaired) electrons. The molecule has 0 bridgehead atoms. The predicted molar refractivity (Wildman–Crippen MR) is 60.7 cm³/mol. The molecule has 1 aromatic carbocycles. The van der Waals surface area contributed by atoms with E-state index in [1.165, 1.54) is 16.5 Å². The molecule has 0 atom stereocenters. The molecule has 0 aliphatic heterocycles. The highest BCUT2D eigenvalue weighted by atomic mass is 35.5. The second-order valence-electron chi connectivity index (χ2n) is 3.74. The molecule has 3 heteroatoms. The summed E-state index contributed by atoms with van der Waals surface area (Å²) in [6, 6.07) is 6.04. The van der Waals surface area contributed by atoms with Gasteiger partial charge in [-0.25, -0.2) is 0 Å². The average Bonchev–Trinajstić information content (AvgIpc) is 2.50. The molecule has 0 amide bonds. The first-order valence-electron chi connectivity index (χ1n) is 4.57. The minimum absolute atomic E-state index is 0.800. The zero-order valence-corrected chi connectivity index (χ0v) is 9.10. The van der Waals surface area contributed by atoms with Crippen LogP contribution in [0.2, 0.25) is 5.02 Å². The van der Waals surface area contributed by atoms with E-state index in [0.717, 1.165) is 11.6 Å². The Labute approximate surface area is 88.5 Å². The molecular formula is C11H13ClN2. The minimum atomic E-state index is 0.800. The molecule has 0 spiro atoms. The molecule has 0 unspecified atom stereocenters. The quantitative estimate of drug-likeness (QED) is 0.804. The molecule has 2 aromatic rings. The van der Waals surface area contributed by atoms with Crippen molar-refractivity contribution in [2.24, 2.45) is 0 Å². The topological polar surface area (TPSA) is 19.0 Å². The van der Waals surface area contributed by atoms with Crippen molar-refractivity contribution in [2.45, 2.75) is 6.54 Å². The minimum Gasteiger partial charge on any atom is -0.361 e. The van der Waals surface area contributed by atoms with E-state index in [1.54, 1.807) is 0 Å². The summed E-state index contributed by atoms with van der Waals surface area (Å²) in [6.07, 6.45) is 1.94. The Bertz CT molecular complexity index is 445. The molecule has 2 nitrogen and oxygen atoms in total. The largest absolute Gasteiger partial charge is 0.361 e. The number of rotatable bonds is 2. The van der Waals surface area contributed by atoms with Crippen molar-refractivity contribution in [2.75, 3.05) is 14.1 Å². The lowest BCUT2D eigenvalue weighted by molar-refractivity contribution is 0.404. The summed E-state index contributed by atoms with van der Waals surface area (Å²) >= 11 is 6.03. The van der Waals surface area contributed by atoms with Crippen molar-refractivity contribution in [1.82, 2.24) is 9.88 Å². The van der Waals surface area contributed by atoms with Crippen LogP contribution in [-0.2, 0) is 6.54 Å². The first kappa shape index (κ1) is 9.56. The maximum Gasteiger partial charge on any atom is 0.0500 e.